The highest BCUT2D eigenvalue weighted by Crippen LogP contribution is 2.24. The summed E-state index contributed by atoms with van der Waals surface area (Å²) < 4.78 is 4.60. The standard InChI is InChI=1S/C18H28O4/c1-22-18(21)11-9-7-5-3-2-4-6-8-10-15-14-16(19)12-13-17(15)20/h12-14,19-20H,2-11H2,1H3. The van der Waals surface area contributed by atoms with Gasteiger partial charge in [-0.25, -0.2) is 0 Å². The van der Waals surface area contributed by atoms with E-state index in [1.807, 2.05) is 0 Å². The second-order valence-corrected chi connectivity index (χ2v) is 5.72. The Morgan fingerprint density at radius 3 is 2.18 bits per heavy atom. The Labute approximate surface area is 133 Å². The molecule has 0 aliphatic rings. The first-order valence-electron chi connectivity index (χ1n) is 8.21. The van der Waals surface area contributed by atoms with Gasteiger partial charge in [-0.3, -0.25) is 4.79 Å². The largest absolute Gasteiger partial charge is 0.508 e. The Balaban J connectivity index is 1.95. The van der Waals surface area contributed by atoms with E-state index in [-0.39, 0.29) is 17.5 Å². The molecule has 0 spiro atoms. The molecule has 124 valence electrons. The number of aromatic hydroxyl groups is 2. The minimum Gasteiger partial charge on any atom is -0.508 e. The summed E-state index contributed by atoms with van der Waals surface area (Å²) in [4.78, 5) is 10.9. The van der Waals surface area contributed by atoms with Gasteiger partial charge in [0.1, 0.15) is 11.5 Å². The normalized spacial score (nSPS) is 10.6. The van der Waals surface area contributed by atoms with E-state index in [9.17, 15) is 15.0 Å². The molecule has 0 radical (unpaired) electrons. The molecule has 4 nitrogen and oxygen atoms in total. The van der Waals surface area contributed by atoms with Gasteiger partial charge >= 0.3 is 5.97 Å². The van der Waals surface area contributed by atoms with Crippen molar-refractivity contribution in [1.29, 1.82) is 0 Å². The van der Waals surface area contributed by atoms with Crippen LogP contribution in [0.5, 0.6) is 11.5 Å². The van der Waals surface area contributed by atoms with Gasteiger partial charge in [0, 0.05) is 6.42 Å². The average molecular weight is 308 g/mol. The maximum absolute atomic E-state index is 10.9. The molecule has 1 aromatic carbocycles. The summed E-state index contributed by atoms with van der Waals surface area (Å²) in [5, 5.41) is 19.1. The van der Waals surface area contributed by atoms with Crippen molar-refractivity contribution in [2.24, 2.45) is 0 Å². The predicted molar refractivity (Wildman–Crippen MR) is 87.0 cm³/mol. The third-order valence-corrected chi connectivity index (χ3v) is 3.87. The number of hydrogen-bond acceptors (Lipinski definition) is 4. The number of rotatable bonds is 11. The number of esters is 1. The molecular formula is C18H28O4. The smallest absolute Gasteiger partial charge is 0.305 e. The molecule has 0 unspecified atom stereocenters. The minimum atomic E-state index is -0.116. The molecule has 0 bridgehead atoms. The number of unbranched alkanes of at least 4 members (excludes halogenated alkanes) is 7. The zero-order valence-electron chi connectivity index (χ0n) is 13.5. The summed E-state index contributed by atoms with van der Waals surface area (Å²) in [5.41, 5.74) is 0.822. The molecule has 1 rings (SSSR count). The Morgan fingerprint density at radius 1 is 0.955 bits per heavy atom. The van der Waals surface area contributed by atoms with Gasteiger partial charge in [0.25, 0.3) is 0 Å². The molecule has 22 heavy (non-hydrogen) atoms. The van der Waals surface area contributed by atoms with Crippen molar-refractivity contribution in [2.45, 2.75) is 64.2 Å². The number of hydrogen-bond donors (Lipinski definition) is 2. The number of carbonyl (C=O) groups excluding carboxylic acids is 1. The minimum absolute atomic E-state index is 0.116. The van der Waals surface area contributed by atoms with Gasteiger partial charge in [-0.15, -0.1) is 0 Å². The van der Waals surface area contributed by atoms with Crippen LogP contribution in [0.4, 0.5) is 0 Å². The number of ether oxygens (including phenoxy) is 1. The van der Waals surface area contributed by atoms with Gasteiger partial charge in [0.2, 0.25) is 0 Å². The summed E-state index contributed by atoms with van der Waals surface area (Å²) in [7, 11) is 1.43. The lowest BCUT2D eigenvalue weighted by Gasteiger charge is -2.05. The molecule has 0 heterocycles. The number of aryl methyl sites for hydroxylation is 1. The Bertz CT molecular complexity index is 443. The van der Waals surface area contributed by atoms with Crippen molar-refractivity contribution in [3.8, 4) is 11.5 Å². The number of benzene rings is 1. The molecule has 0 aromatic heterocycles. The van der Waals surface area contributed by atoms with Crippen LogP contribution in [0.15, 0.2) is 18.2 Å². The van der Waals surface area contributed by atoms with Crippen LogP contribution >= 0.6 is 0 Å². The van der Waals surface area contributed by atoms with E-state index >= 15 is 0 Å². The zero-order chi connectivity index (χ0) is 16.2. The van der Waals surface area contributed by atoms with Gasteiger partial charge in [-0.2, -0.15) is 0 Å². The van der Waals surface area contributed by atoms with E-state index in [0.717, 1.165) is 37.7 Å². The Kier molecular flexibility index (Phi) is 9.12. The quantitative estimate of drug-likeness (QED) is 0.363. The van der Waals surface area contributed by atoms with Crippen LogP contribution in [0.25, 0.3) is 0 Å². The lowest BCUT2D eigenvalue weighted by atomic mass is 10.0. The molecule has 2 N–H and O–H groups in total. The van der Waals surface area contributed by atoms with Crippen molar-refractivity contribution < 1.29 is 19.7 Å². The highest BCUT2D eigenvalue weighted by molar-refractivity contribution is 5.68. The van der Waals surface area contributed by atoms with E-state index in [1.165, 1.54) is 38.9 Å². The predicted octanol–water partition coefficient (Wildman–Crippen LogP) is 4.32. The third kappa shape index (κ3) is 7.91. The fourth-order valence-corrected chi connectivity index (χ4v) is 2.52. The van der Waals surface area contributed by atoms with Crippen molar-refractivity contribution >= 4 is 5.97 Å². The number of carbonyl (C=O) groups is 1. The monoisotopic (exact) mass is 308 g/mol. The van der Waals surface area contributed by atoms with Crippen LogP contribution < -0.4 is 0 Å². The van der Waals surface area contributed by atoms with Gasteiger partial charge < -0.3 is 14.9 Å². The van der Waals surface area contributed by atoms with Crippen molar-refractivity contribution in [1.82, 2.24) is 0 Å². The lowest BCUT2D eigenvalue weighted by molar-refractivity contribution is -0.140. The van der Waals surface area contributed by atoms with E-state index in [1.54, 1.807) is 12.1 Å². The van der Waals surface area contributed by atoms with Crippen LogP contribution in [0.1, 0.15) is 63.4 Å². The summed E-state index contributed by atoms with van der Waals surface area (Å²) in [6.45, 7) is 0. The van der Waals surface area contributed by atoms with Crippen molar-refractivity contribution in [3.05, 3.63) is 23.8 Å². The molecular weight excluding hydrogens is 280 g/mol. The van der Waals surface area contributed by atoms with Gasteiger partial charge in [-0.1, -0.05) is 38.5 Å². The highest BCUT2D eigenvalue weighted by atomic mass is 16.5. The number of phenols is 2. The molecule has 1 aromatic rings. The summed E-state index contributed by atoms with van der Waals surface area (Å²) in [6, 6.07) is 4.68. The molecule has 0 fully saturated rings. The average Bonchev–Trinajstić information content (AvgIpc) is 2.52. The number of phenolic OH excluding ortho intramolecular Hbond substituents is 2. The van der Waals surface area contributed by atoms with Gasteiger partial charge in [-0.05, 0) is 43.0 Å². The molecule has 0 atom stereocenters. The molecule has 0 aliphatic heterocycles. The lowest BCUT2D eigenvalue weighted by Crippen LogP contribution is -1.99. The topological polar surface area (TPSA) is 66.8 Å². The molecule has 0 saturated carbocycles. The first-order chi connectivity index (χ1) is 10.6. The Morgan fingerprint density at radius 2 is 1.55 bits per heavy atom. The first kappa shape index (κ1) is 18.3. The van der Waals surface area contributed by atoms with Crippen molar-refractivity contribution in [2.75, 3.05) is 7.11 Å². The van der Waals surface area contributed by atoms with Gasteiger partial charge in [0.15, 0.2) is 0 Å². The second kappa shape index (κ2) is 10.9. The SMILES string of the molecule is COC(=O)CCCCCCCCCCc1cc(O)ccc1O. The molecule has 4 heteroatoms. The third-order valence-electron chi connectivity index (χ3n) is 3.87. The maximum Gasteiger partial charge on any atom is 0.305 e. The zero-order valence-corrected chi connectivity index (χ0v) is 13.5. The summed E-state index contributed by atoms with van der Waals surface area (Å²) >= 11 is 0. The van der Waals surface area contributed by atoms with Crippen LogP contribution in [-0.2, 0) is 16.0 Å². The fraction of sp³-hybridized carbons (Fsp3) is 0.611. The molecule has 0 aliphatic carbocycles. The Hall–Kier alpha value is -1.71. The van der Waals surface area contributed by atoms with E-state index in [4.69, 9.17) is 0 Å². The van der Waals surface area contributed by atoms with Crippen LogP contribution in [0.2, 0.25) is 0 Å². The second-order valence-electron chi connectivity index (χ2n) is 5.72. The maximum atomic E-state index is 10.9. The molecule has 0 saturated heterocycles. The van der Waals surface area contributed by atoms with E-state index < -0.39 is 0 Å². The molecule has 0 amide bonds. The van der Waals surface area contributed by atoms with Crippen LogP contribution in [-0.4, -0.2) is 23.3 Å². The van der Waals surface area contributed by atoms with Crippen LogP contribution in [0, 0.1) is 0 Å². The summed E-state index contributed by atoms with van der Waals surface area (Å²) in [6.07, 6.45) is 10.3. The van der Waals surface area contributed by atoms with Gasteiger partial charge in [0.05, 0.1) is 7.11 Å². The van der Waals surface area contributed by atoms with E-state index in [0.29, 0.717) is 6.42 Å². The number of methoxy groups -OCH3 is 1. The van der Waals surface area contributed by atoms with Crippen molar-refractivity contribution in [3.63, 3.8) is 0 Å². The van der Waals surface area contributed by atoms with Crippen LogP contribution in [0.3, 0.4) is 0 Å². The summed E-state index contributed by atoms with van der Waals surface area (Å²) in [5.74, 6) is 0.360. The van der Waals surface area contributed by atoms with E-state index in [2.05, 4.69) is 4.74 Å². The fourth-order valence-electron chi connectivity index (χ4n) is 2.52. The highest BCUT2D eigenvalue weighted by Gasteiger charge is 2.02. The first-order valence-corrected chi connectivity index (χ1v) is 8.21.